The summed E-state index contributed by atoms with van der Waals surface area (Å²) in [5, 5.41) is 6.37. The summed E-state index contributed by atoms with van der Waals surface area (Å²) >= 11 is 0. The van der Waals surface area contributed by atoms with Crippen LogP contribution in [0.5, 0.6) is 0 Å². The zero-order chi connectivity index (χ0) is 7.65. The van der Waals surface area contributed by atoms with E-state index in [1.807, 2.05) is 0 Å². The second kappa shape index (κ2) is 2.09. The number of hydrogen-bond acceptors (Lipinski definition) is 2. The van der Waals surface area contributed by atoms with Crippen molar-refractivity contribution in [3.05, 3.63) is 0 Å². The van der Waals surface area contributed by atoms with Crippen LogP contribution >= 0.6 is 0 Å². The molecule has 0 bridgehead atoms. The molecule has 0 aliphatic rings. The highest BCUT2D eigenvalue weighted by Crippen LogP contribution is 2.16. The summed E-state index contributed by atoms with van der Waals surface area (Å²) in [6.45, 7) is 0. The molecule has 7 heteroatoms. The number of nitrogens with zero attached hydrogens (tertiary/aromatic N) is 1. The summed E-state index contributed by atoms with van der Waals surface area (Å²) in [6.07, 6.45) is -7.24. The van der Waals surface area contributed by atoms with Crippen LogP contribution in [-0.4, -0.2) is 22.5 Å². The first-order chi connectivity index (χ1) is 3.85. The second-order valence-electron chi connectivity index (χ2n) is 1.12. The molecule has 4 nitrogen and oxygen atoms in total. The lowest BCUT2D eigenvalue weighted by Crippen LogP contribution is -2.47. The fourth-order valence-electron chi connectivity index (χ4n) is 0.108. The van der Waals surface area contributed by atoms with Crippen LogP contribution in [0.3, 0.4) is 0 Å². The van der Waals surface area contributed by atoms with E-state index in [-0.39, 0.29) is 0 Å². The van der Waals surface area contributed by atoms with Gasteiger partial charge in [-0.05, 0) is 0 Å². The van der Waals surface area contributed by atoms with E-state index in [9.17, 15) is 18.0 Å². The summed E-state index contributed by atoms with van der Waals surface area (Å²) in [5.74, 6) is 4.00. The second-order valence-corrected chi connectivity index (χ2v) is 1.12. The molecule has 0 aliphatic heterocycles. The van der Waals surface area contributed by atoms with E-state index in [1.54, 1.807) is 0 Å². The van der Waals surface area contributed by atoms with Crippen LogP contribution in [0.1, 0.15) is 0 Å². The van der Waals surface area contributed by atoms with Crippen molar-refractivity contribution >= 4 is 6.09 Å². The zero-order valence-electron chi connectivity index (χ0n) is 4.01. The Bertz CT molecular complexity index is 121. The van der Waals surface area contributed by atoms with Gasteiger partial charge < -0.3 is 5.11 Å². The summed E-state index contributed by atoms with van der Waals surface area (Å²) < 4.78 is 33.4. The number of carboxylic acid groups (broad SMARTS) is 1. The average Bonchev–Trinajstić information content (AvgIpc) is 1.62. The van der Waals surface area contributed by atoms with E-state index in [0.29, 0.717) is 0 Å². The van der Waals surface area contributed by atoms with E-state index in [1.165, 1.54) is 0 Å². The van der Waals surface area contributed by atoms with Crippen molar-refractivity contribution in [3.63, 3.8) is 0 Å². The molecular weight excluding hydrogens is 141 g/mol. The van der Waals surface area contributed by atoms with E-state index >= 15 is 0 Å². The van der Waals surface area contributed by atoms with Crippen molar-refractivity contribution in [2.24, 2.45) is 5.84 Å². The van der Waals surface area contributed by atoms with Gasteiger partial charge in [0.1, 0.15) is 0 Å². The Labute approximate surface area is 47.6 Å². The lowest BCUT2D eigenvalue weighted by molar-refractivity contribution is -0.230. The van der Waals surface area contributed by atoms with Gasteiger partial charge in [-0.3, -0.25) is 0 Å². The lowest BCUT2D eigenvalue weighted by Gasteiger charge is -2.14. The minimum Gasteiger partial charge on any atom is -0.464 e. The number of halogens is 3. The lowest BCUT2D eigenvalue weighted by atomic mass is 10.9. The molecule has 0 unspecified atom stereocenters. The van der Waals surface area contributed by atoms with E-state index in [2.05, 4.69) is 5.84 Å². The van der Waals surface area contributed by atoms with Crippen LogP contribution in [-0.2, 0) is 0 Å². The van der Waals surface area contributed by atoms with Crippen molar-refractivity contribution in [2.45, 2.75) is 6.30 Å². The maximum absolute atomic E-state index is 11.1. The fourth-order valence-corrected chi connectivity index (χ4v) is 0.108. The van der Waals surface area contributed by atoms with Gasteiger partial charge in [0.25, 0.3) is 0 Å². The first-order valence-corrected chi connectivity index (χ1v) is 1.70. The molecule has 0 fully saturated rings. The molecule has 0 saturated carbocycles. The van der Waals surface area contributed by atoms with Gasteiger partial charge in [0.05, 0.1) is 0 Å². The number of nitrogens with two attached hydrogens (primary N) is 1. The van der Waals surface area contributed by atoms with Crippen LogP contribution in [0.4, 0.5) is 18.0 Å². The third kappa shape index (κ3) is 2.17. The maximum Gasteiger partial charge on any atom is 0.503 e. The molecule has 54 valence electrons. The topological polar surface area (TPSA) is 66.6 Å². The van der Waals surface area contributed by atoms with Crippen molar-refractivity contribution in [2.75, 3.05) is 0 Å². The van der Waals surface area contributed by atoms with Crippen molar-refractivity contribution in [3.8, 4) is 0 Å². The standard InChI is InChI=1S/C2H3F3N2O2/c3-2(4,5)7(6)1(8)9/h6H2,(H,8,9). The zero-order valence-corrected chi connectivity index (χ0v) is 4.01. The number of hydrogen-bond donors (Lipinski definition) is 2. The molecule has 1 amide bonds. The minimum absolute atomic E-state index is 1.23. The summed E-state index contributed by atoms with van der Waals surface area (Å²) in [7, 11) is 0. The molecule has 0 aromatic heterocycles. The molecule has 0 aromatic carbocycles. The molecule has 0 aromatic rings. The highest BCUT2D eigenvalue weighted by atomic mass is 19.4. The number of amides is 1. The Hall–Kier alpha value is -0.980. The van der Waals surface area contributed by atoms with E-state index in [0.717, 1.165) is 0 Å². The number of carbonyl (C=O) groups is 1. The molecule has 9 heavy (non-hydrogen) atoms. The van der Waals surface area contributed by atoms with Gasteiger partial charge in [0.2, 0.25) is 0 Å². The third-order valence-corrected chi connectivity index (χ3v) is 0.479. The normalized spacial score (nSPS) is 11.1. The van der Waals surface area contributed by atoms with Gasteiger partial charge in [0.15, 0.2) is 0 Å². The van der Waals surface area contributed by atoms with Crippen LogP contribution in [0.2, 0.25) is 0 Å². The van der Waals surface area contributed by atoms with Gasteiger partial charge in [0, 0.05) is 0 Å². The summed E-state index contributed by atoms with van der Waals surface area (Å²) in [4.78, 5) is 9.43. The van der Waals surface area contributed by atoms with Crippen LogP contribution in [0.15, 0.2) is 0 Å². The molecular formula is C2H3F3N2O2. The molecule has 0 heterocycles. The Balaban J connectivity index is 4.04. The van der Waals surface area contributed by atoms with Gasteiger partial charge >= 0.3 is 12.4 Å². The smallest absolute Gasteiger partial charge is 0.464 e. The Morgan fingerprint density at radius 3 is 1.89 bits per heavy atom. The Morgan fingerprint density at radius 2 is 1.89 bits per heavy atom. The quantitative estimate of drug-likeness (QED) is 0.223. The van der Waals surface area contributed by atoms with Gasteiger partial charge in [-0.1, -0.05) is 0 Å². The van der Waals surface area contributed by atoms with Crippen LogP contribution < -0.4 is 5.84 Å². The van der Waals surface area contributed by atoms with Gasteiger partial charge in [-0.15, -0.1) is 13.2 Å². The first kappa shape index (κ1) is 8.02. The molecule has 0 atom stereocenters. The third-order valence-electron chi connectivity index (χ3n) is 0.479. The van der Waals surface area contributed by atoms with Crippen LogP contribution in [0.25, 0.3) is 0 Å². The van der Waals surface area contributed by atoms with Crippen molar-refractivity contribution in [1.29, 1.82) is 0 Å². The van der Waals surface area contributed by atoms with Gasteiger partial charge in [-0.2, -0.15) is 5.01 Å². The maximum atomic E-state index is 11.1. The van der Waals surface area contributed by atoms with Gasteiger partial charge in [-0.25, -0.2) is 10.6 Å². The predicted molar refractivity (Wildman–Crippen MR) is 20.1 cm³/mol. The largest absolute Gasteiger partial charge is 0.503 e. The molecule has 0 spiro atoms. The van der Waals surface area contributed by atoms with Crippen molar-refractivity contribution in [1.82, 2.24) is 5.01 Å². The van der Waals surface area contributed by atoms with Crippen LogP contribution in [0, 0.1) is 0 Å². The number of alkyl halides is 3. The summed E-state index contributed by atoms with van der Waals surface area (Å²) in [6, 6.07) is 0. The Morgan fingerprint density at radius 1 is 1.56 bits per heavy atom. The SMILES string of the molecule is NN(C(=O)O)C(F)(F)F. The molecule has 0 aliphatic carbocycles. The number of hydrazine groups is 1. The highest BCUT2D eigenvalue weighted by molar-refractivity contribution is 5.64. The number of rotatable bonds is 0. The minimum atomic E-state index is -5.01. The molecule has 0 rings (SSSR count). The highest BCUT2D eigenvalue weighted by Gasteiger charge is 2.39. The first-order valence-electron chi connectivity index (χ1n) is 1.70. The molecule has 0 saturated heterocycles. The fraction of sp³-hybridized carbons (Fsp3) is 0.500. The van der Waals surface area contributed by atoms with Crippen molar-refractivity contribution < 1.29 is 23.1 Å². The monoisotopic (exact) mass is 144 g/mol. The summed E-state index contributed by atoms with van der Waals surface area (Å²) in [5.41, 5.74) is 0. The van der Waals surface area contributed by atoms with E-state index < -0.39 is 17.4 Å². The predicted octanol–water partition coefficient (Wildman–Crippen LogP) is 0.360. The average molecular weight is 144 g/mol. The molecule has 0 radical (unpaired) electrons. The molecule has 3 N–H and O–H groups in total. The van der Waals surface area contributed by atoms with E-state index in [4.69, 9.17) is 5.11 Å². The Kier molecular flexibility index (Phi) is 1.87.